The van der Waals surface area contributed by atoms with E-state index < -0.39 is 25.1 Å². The fraction of sp³-hybridized carbons (Fsp3) is 0.167. The molecule has 0 aliphatic carbocycles. The zero-order valence-electron chi connectivity index (χ0n) is 14.2. The van der Waals surface area contributed by atoms with Gasteiger partial charge in [-0.25, -0.2) is 4.79 Å². The van der Waals surface area contributed by atoms with Crippen molar-refractivity contribution in [3.8, 4) is 11.5 Å². The van der Waals surface area contributed by atoms with E-state index in [-0.39, 0.29) is 29.5 Å². The molecule has 0 atom stereocenters. The van der Waals surface area contributed by atoms with Crippen LogP contribution in [0.3, 0.4) is 0 Å². The lowest BCUT2D eigenvalue weighted by Crippen LogP contribution is -2.25. The number of carbonyl (C=O) groups is 3. The van der Waals surface area contributed by atoms with Gasteiger partial charge in [-0.3, -0.25) is 9.59 Å². The number of esters is 1. The molecule has 10 heteroatoms. The monoisotopic (exact) mass is 392 g/mol. The highest BCUT2D eigenvalue weighted by molar-refractivity contribution is 5.99. The highest BCUT2D eigenvalue weighted by Crippen LogP contribution is 2.29. The number of para-hydroxylation sites is 2. The molecule has 2 aromatic carbocycles. The van der Waals surface area contributed by atoms with Crippen molar-refractivity contribution in [2.75, 3.05) is 23.8 Å². The first-order valence-electron chi connectivity index (χ1n) is 8.00. The van der Waals surface area contributed by atoms with E-state index in [9.17, 15) is 23.2 Å². The number of rotatable bonds is 6. The molecule has 28 heavy (non-hydrogen) atoms. The smallest absolute Gasteiger partial charge is 0.387 e. The van der Waals surface area contributed by atoms with Crippen LogP contribution >= 0.6 is 0 Å². The van der Waals surface area contributed by atoms with E-state index in [1.165, 1.54) is 42.5 Å². The van der Waals surface area contributed by atoms with Crippen molar-refractivity contribution in [1.29, 1.82) is 0 Å². The summed E-state index contributed by atoms with van der Waals surface area (Å²) in [6, 6.07) is 9.87. The minimum atomic E-state index is -3.05. The molecule has 8 nitrogen and oxygen atoms in total. The molecule has 1 aliphatic rings. The number of alkyl halides is 2. The first kappa shape index (κ1) is 19.1. The summed E-state index contributed by atoms with van der Waals surface area (Å²) in [6.45, 7) is -3.86. The Balaban J connectivity index is 1.58. The summed E-state index contributed by atoms with van der Waals surface area (Å²) in [6.07, 6.45) is 0. The fourth-order valence-corrected chi connectivity index (χ4v) is 2.37. The molecular formula is C18H14F2N2O6. The van der Waals surface area contributed by atoms with E-state index in [1.54, 1.807) is 0 Å². The number of halogens is 2. The predicted molar refractivity (Wildman–Crippen MR) is 92.6 cm³/mol. The van der Waals surface area contributed by atoms with Gasteiger partial charge in [-0.1, -0.05) is 12.1 Å². The number of anilines is 2. The van der Waals surface area contributed by atoms with E-state index in [4.69, 9.17) is 9.47 Å². The van der Waals surface area contributed by atoms with E-state index in [2.05, 4.69) is 15.4 Å². The second-order valence-corrected chi connectivity index (χ2v) is 5.55. The SMILES string of the molecule is O=C1COc2cc(C(=O)OCC(=O)Nc3ccccc3OC(F)F)ccc2N1. The van der Waals surface area contributed by atoms with Crippen LogP contribution in [0.4, 0.5) is 20.2 Å². The lowest BCUT2D eigenvalue weighted by molar-refractivity contribution is -0.119. The molecule has 0 spiro atoms. The maximum atomic E-state index is 12.4. The van der Waals surface area contributed by atoms with Crippen molar-refractivity contribution in [2.45, 2.75) is 6.61 Å². The van der Waals surface area contributed by atoms with Gasteiger partial charge in [-0.2, -0.15) is 8.78 Å². The summed E-state index contributed by atoms with van der Waals surface area (Å²) in [7, 11) is 0. The Morgan fingerprint density at radius 1 is 1.21 bits per heavy atom. The van der Waals surface area contributed by atoms with Crippen molar-refractivity contribution in [1.82, 2.24) is 0 Å². The Hall–Kier alpha value is -3.69. The topological polar surface area (TPSA) is 103 Å². The normalized spacial score (nSPS) is 12.5. The average Bonchev–Trinajstić information content (AvgIpc) is 2.67. The fourth-order valence-electron chi connectivity index (χ4n) is 2.37. The molecule has 1 aliphatic heterocycles. The van der Waals surface area contributed by atoms with Crippen LogP contribution in [0.5, 0.6) is 11.5 Å². The van der Waals surface area contributed by atoms with Gasteiger partial charge in [0, 0.05) is 0 Å². The van der Waals surface area contributed by atoms with Gasteiger partial charge in [0.1, 0.15) is 11.5 Å². The summed E-state index contributed by atoms with van der Waals surface area (Å²) >= 11 is 0. The minimum Gasteiger partial charge on any atom is -0.482 e. The molecule has 0 radical (unpaired) electrons. The summed E-state index contributed by atoms with van der Waals surface area (Å²) in [5.74, 6) is -1.76. The number of benzene rings is 2. The standard InChI is InChI=1S/C18H14F2N2O6/c19-18(20)28-13-4-2-1-3-11(13)21-16(24)9-27-17(25)10-5-6-12-14(7-10)26-8-15(23)22-12/h1-7,18H,8-9H2,(H,21,24)(H,22,23). The van der Waals surface area contributed by atoms with Gasteiger partial charge in [0.15, 0.2) is 13.2 Å². The lowest BCUT2D eigenvalue weighted by atomic mass is 10.1. The zero-order chi connectivity index (χ0) is 20.1. The van der Waals surface area contributed by atoms with Crippen LogP contribution in [0.2, 0.25) is 0 Å². The molecule has 0 aromatic heterocycles. The Morgan fingerprint density at radius 2 is 2.00 bits per heavy atom. The molecule has 3 rings (SSSR count). The summed E-state index contributed by atoms with van der Waals surface area (Å²) in [5, 5.41) is 4.91. The van der Waals surface area contributed by atoms with Gasteiger partial charge in [0.25, 0.3) is 11.8 Å². The zero-order valence-corrected chi connectivity index (χ0v) is 14.2. The Labute approximate surface area is 157 Å². The molecule has 0 saturated carbocycles. The van der Waals surface area contributed by atoms with Crippen LogP contribution in [-0.4, -0.2) is 37.6 Å². The number of carbonyl (C=O) groups excluding carboxylic acids is 3. The van der Waals surface area contributed by atoms with E-state index in [0.29, 0.717) is 11.4 Å². The molecule has 0 saturated heterocycles. The van der Waals surface area contributed by atoms with Crippen molar-refractivity contribution in [3.05, 3.63) is 48.0 Å². The van der Waals surface area contributed by atoms with Crippen molar-refractivity contribution < 1.29 is 37.4 Å². The summed E-state index contributed by atoms with van der Waals surface area (Å²) in [4.78, 5) is 35.3. The van der Waals surface area contributed by atoms with Gasteiger partial charge < -0.3 is 24.8 Å². The van der Waals surface area contributed by atoms with Crippen LogP contribution in [-0.2, 0) is 14.3 Å². The predicted octanol–water partition coefficient (Wildman–Crippen LogP) is 2.41. The van der Waals surface area contributed by atoms with Gasteiger partial charge in [0.2, 0.25) is 0 Å². The Bertz CT molecular complexity index is 919. The van der Waals surface area contributed by atoms with Crippen LogP contribution in [0.1, 0.15) is 10.4 Å². The number of amides is 2. The highest BCUT2D eigenvalue weighted by Gasteiger charge is 2.19. The molecule has 0 bridgehead atoms. The van der Waals surface area contributed by atoms with E-state index >= 15 is 0 Å². The molecule has 0 unspecified atom stereocenters. The second-order valence-electron chi connectivity index (χ2n) is 5.55. The van der Waals surface area contributed by atoms with Crippen LogP contribution < -0.4 is 20.1 Å². The Kier molecular flexibility index (Phi) is 5.68. The molecular weight excluding hydrogens is 378 g/mol. The number of hydrogen-bond acceptors (Lipinski definition) is 6. The highest BCUT2D eigenvalue weighted by atomic mass is 19.3. The number of hydrogen-bond donors (Lipinski definition) is 2. The van der Waals surface area contributed by atoms with Gasteiger partial charge in [-0.05, 0) is 30.3 Å². The van der Waals surface area contributed by atoms with Crippen molar-refractivity contribution >= 4 is 29.2 Å². The molecule has 2 amide bonds. The van der Waals surface area contributed by atoms with E-state index in [1.807, 2.05) is 0 Å². The first-order valence-corrected chi connectivity index (χ1v) is 8.00. The molecule has 0 fully saturated rings. The third-order valence-electron chi connectivity index (χ3n) is 3.56. The quantitative estimate of drug-likeness (QED) is 0.732. The largest absolute Gasteiger partial charge is 0.482 e. The van der Waals surface area contributed by atoms with Crippen molar-refractivity contribution in [3.63, 3.8) is 0 Å². The van der Waals surface area contributed by atoms with Crippen molar-refractivity contribution in [2.24, 2.45) is 0 Å². The van der Waals surface area contributed by atoms with Crippen LogP contribution in [0, 0.1) is 0 Å². The second kappa shape index (κ2) is 8.33. The minimum absolute atomic E-state index is 0.0155. The third-order valence-corrected chi connectivity index (χ3v) is 3.56. The first-order chi connectivity index (χ1) is 13.4. The molecule has 2 aromatic rings. The third kappa shape index (κ3) is 4.72. The van der Waals surface area contributed by atoms with Gasteiger partial charge in [0.05, 0.1) is 16.9 Å². The molecule has 1 heterocycles. The Morgan fingerprint density at radius 3 is 2.79 bits per heavy atom. The lowest BCUT2D eigenvalue weighted by Gasteiger charge is -2.18. The maximum absolute atomic E-state index is 12.4. The van der Waals surface area contributed by atoms with Gasteiger partial charge >= 0.3 is 12.6 Å². The van der Waals surface area contributed by atoms with E-state index in [0.717, 1.165) is 0 Å². The number of fused-ring (bicyclic) bond motifs is 1. The van der Waals surface area contributed by atoms with Gasteiger partial charge in [-0.15, -0.1) is 0 Å². The van der Waals surface area contributed by atoms with Crippen LogP contribution in [0.25, 0.3) is 0 Å². The molecule has 146 valence electrons. The van der Waals surface area contributed by atoms with Crippen LogP contribution in [0.15, 0.2) is 42.5 Å². The average molecular weight is 392 g/mol. The number of ether oxygens (including phenoxy) is 3. The summed E-state index contributed by atoms with van der Waals surface area (Å²) in [5.41, 5.74) is 0.548. The number of nitrogens with one attached hydrogen (secondary N) is 2. The summed E-state index contributed by atoms with van der Waals surface area (Å²) < 4.78 is 39.2. The molecule has 2 N–H and O–H groups in total. The maximum Gasteiger partial charge on any atom is 0.387 e.